The van der Waals surface area contributed by atoms with Gasteiger partial charge in [-0.05, 0) is 19.4 Å². The van der Waals surface area contributed by atoms with Gasteiger partial charge in [0.15, 0.2) is 0 Å². The molecule has 1 unspecified atom stereocenters. The van der Waals surface area contributed by atoms with E-state index in [0.717, 1.165) is 6.42 Å². The van der Waals surface area contributed by atoms with E-state index in [9.17, 15) is 14.9 Å². The third-order valence-electron chi connectivity index (χ3n) is 2.81. The molecule has 0 saturated carbocycles. The lowest BCUT2D eigenvalue weighted by atomic mass is 10.1. The minimum atomic E-state index is -0.577. The monoisotopic (exact) mass is 290 g/mol. The second-order valence-electron chi connectivity index (χ2n) is 4.33. The highest BCUT2D eigenvalue weighted by Gasteiger charge is 2.23. The summed E-state index contributed by atoms with van der Waals surface area (Å²) in [4.78, 5) is 22.7. The molecular formula is C15H18N2O4. The van der Waals surface area contributed by atoms with Crippen LogP contribution in [0.25, 0.3) is 0 Å². The lowest BCUT2D eigenvalue weighted by molar-refractivity contribution is -0.385. The summed E-state index contributed by atoms with van der Waals surface area (Å²) in [6.45, 7) is 3.87. The summed E-state index contributed by atoms with van der Waals surface area (Å²) >= 11 is 0. The van der Waals surface area contributed by atoms with Gasteiger partial charge in [-0.3, -0.25) is 14.9 Å². The Labute approximate surface area is 123 Å². The first-order valence-corrected chi connectivity index (χ1v) is 6.72. The van der Waals surface area contributed by atoms with Crippen LogP contribution in [0.1, 0.15) is 37.0 Å². The van der Waals surface area contributed by atoms with E-state index in [0.29, 0.717) is 6.42 Å². The summed E-state index contributed by atoms with van der Waals surface area (Å²) < 4.78 is 5.27. The Balaban J connectivity index is 3.11. The number of benzene rings is 1. The van der Waals surface area contributed by atoms with Gasteiger partial charge in [-0.2, -0.15) is 0 Å². The number of hydrogen-bond acceptors (Lipinski definition) is 4. The molecule has 1 atom stereocenters. The molecule has 0 aliphatic carbocycles. The van der Waals surface area contributed by atoms with E-state index in [1.807, 2.05) is 6.92 Å². The van der Waals surface area contributed by atoms with Crippen molar-refractivity contribution in [1.29, 1.82) is 0 Å². The van der Waals surface area contributed by atoms with Crippen molar-refractivity contribution in [2.45, 2.75) is 32.7 Å². The highest BCUT2D eigenvalue weighted by Crippen LogP contribution is 2.31. The summed E-state index contributed by atoms with van der Waals surface area (Å²) in [5, 5.41) is 13.7. The number of nitrogens with zero attached hydrogens (tertiary/aromatic N) is 1. The van der Waals surface area contributed by atoms with E-state index in [1.54, 1.807) is 6.92 Å². The minimum Gasteiger partial charge on any atom is -0.487 e. The average Bonchev–Trinajstić information content (AvgIpc) is 2.46. The highest BCUT2D eigenvalue weighted by molar-refractivity contribution is 5.98. The molecule has 0 aliphatic heterocycles. The van der Waals surface area contributed by atoms with Gasteiger partial charge in [0.1, 0.15) is 0 Å². The van der Waals surface area contributed by atoms with Gasteiger partial charge in [0, 0.05) is 6.07 Å². The highest BCUT2D eigenvalue weighted by atomic mass is 16.6. The molecule has 0 saturated heterocycles. The van der Waals surface area contributed by atoms with Gasteiger partial charge >= 0.3 is 5.69 Å². The molecule has 6 heteroatoms. The van der Waals surface area contributed by atoms with Gasteiger partial charge in [0.05, 0.1) is 23.1 Å². The van der Waals surface area contributed by atoms with Gasteiger partial charge in [-0.25, -0.2) is 0 Å². The Hall–Kier alpha value is -2.55. The zero-order chi connectivity index (χ0) is 15.8. The fourth-order valence-corrected chi connectivity index (χ4v) is 1.87. The van der Waals surface area contributed by atoms with Crippen LogP contribution < -0.4 is 10.1 Å². The Morgan fingerprint density at radius 3 is 2.76 bits per heavy atom. The summed E-state index contributed by atoms with van der Waals surface area (Å²) in [6, 6.07) is 3.82. The van der Waals surface area contributed by atoms with Gasteiger partial charge < -0.3 is 10.1 Å². The molecule has 21 heavy (non-hydrogen) atoms. The van der Waals surface area contributed by atoms with Crippen molar-refractivity contribution in [2.24, 2.45) is 0 Å². The second kappa shape index (κ2) is 7.90. The second-order valence-corrected chi connectivity index (χ2v) is 4.33. The normalized spacial score (nSPS) is 11.3. The number of nitro groups is 1. The molecule has 1 rings (SSSR count). The Morgan fingerprint density at radius 1 is 1.52 bits per heavy atom. The molecule has 1 amide bonds. The maximum atomic E-state index is 12.3. The van der Waals surface area contributed by atoms with Crippen molar-refractivity contribution < 1.29 is 14.5 Å². The molecule has 1 aromatic carbocycles. The lowest BCUT2D eigenvalue weighted by Gasteiger charge is -2.14. The molecule has 0 fully saturated rings. The predicted octanol–water partition coefficient (Wildman–Crippen LogP) is 2.53. The Bertz CT molecular complexity index is 563. The van der Waals surface area contributed by atoms with Crippen LogP contribution in [0.2, 0.25) is 0 Å². The number of nitrogens with one attached hydrogen (secondary N) is 1. The number of amides is 1. The maximum absolute atomic E-state index is 12.3. The first-order chi connectivity index (χ1) is 10.0. The van der Waals surface area contributed by atoms with Crippen molar-refractivity contribution in [3.8, 4) is 18.1 Å². The quantitative estimate of drug-likeness (QED) is 0.475. The van der Waals surface area contributed by atoms with Crippen molar-refractivity contribution in [1.82, 2.24) is 5.32 Å². The summed E-state index contributed by atoms with van der Waals surface area (Å²) in [7, 11) is 0. The van der Waals surface area contributed by atoms with Gasteiger partial charge in [-0.15, -0.1) is 6.42 Å². The summed E-state index contributed by atoms with van der Waals surface area (Å²) in [5.74, 6) is 1.98. The number of para-hydroxylation sites is 1. The molecule has 0 radical (unpaired) electrons. The fourth-order valence-electron chi connectivity index (χ4n) is 1.87. The van der Waals surface area contributed by atoms with Crippen LogP contribution >= 0.6 is 0 Å². The topological polar surface area (TPSA) is 81.5 Å². The molecule has 0 bridgehead atoms. The van der Waals surface area contributed by atoms with Crippen LogP contribution in [0, 0.1) is 22.5 Å². The van der Waals surface area contributed by atoms with Crippen molar-refractivity contribution in [3.63, 3.8) is 0 Å². The van der Waals surface area contributed by atoms with Crippen molar-refractivity contribution >= 4 is 11.6 Å². The maximum Gasteiger partial charge on any atom is 0.311 e. The molecule has 112 valence electrons. The number of carbonyl (C=O) groups excluding carboxylic acids is 1. The van der Waals surface area contributed by atoms with E-state index in [2.05, 4.69) is 11.2 Å². The summed E-state index contributed by atoms with van der Waals surface area (Å²) in [6.07, 6.45) is 6.82. The number of ether oxygens (including phenoxy) is 1. The molecule has 6 nitrogen and oxygen atoms in total. The van der Waals surface area contributed by atoms with Gasteiger partial charge in [-0.1, -0.05) is 25.3 Å². The van der Waals surface area contributed by atoms with Gasteiger partial charge in [0.2, 0.25) is 5.75 Å². The summed E-state index contributed by atoms with van der Waals surface area (Å²) in [5.41, 5.74) is -0.125. The minimum absolute atomic E-state index is 0.0326. The van der Waals surface area contributed by atoms with E-state index in [4.69, 9.17) is 11.2 Å². The largest absolute Gasteiger partial charge is 0.487 e. The van der Waals surface area contributed by atoms with Crippen LogP contribution in [0.5, 0.6) is 5.75 Å². The van der Waals surface area contributed by atoms with E-state index in [-0.39, 0.29) is 23.6 Å². The lowest BCUT2D eigenvalue weighted by Crippen LogP contribution is -2.33. The van der Waals surface area contributed by atoms with E-state index in [1.165, 1.54) is 18.2 Å². The van der Waals surface area contributed by atoms with Crippen LogP contribution in [-0.2, 0) is 0 Å². The molecule has 0 heterocycles. The first kappa shape index (κ1) is 16.5. The van der Waals surface area contributed by atoms with Crippen LogP contribution in [0.3, 0.4) is 0 Å². The molecule has 1 N–H and O–H groups in total. The van der Waals surface area contributed by atoms with Crippen LogP contribution in [-0.4, -0.2) is 23.5 Å². The fraction of sp³-hybridized carbons (Fsp3) is 0.400. The van der Waals surface area contributed by atoms with Gasteiger partial charge in [0.25, 0.3) is 5.91 Å². The molecule has 0 aliphatic rings. The number of rotatable bonds is 7. The Kier molecular flexibility index (Phi) is 6.21. The molecule has 0 aromatic heterocycles. The Morgan fingerprint density at radius 2 is 2.24 bits per heavy atom. The van der Waals surface area contributed by atoms with Crippen LogP contribution in [0.4, 0.5) is 5.69 Å². The van der Waals surface area contributed by atoms with Crippen molar-refractivity contribution in [3.05, 3.63) is 33.9 Å². The van der Waals surface area contributed by atoms with Crippen LogP contribution in [0.15, 0.2) is 18.2 Å². The molecule has 0 spiro atoms. The predicted molar refractivity (Wildman–Crippen MR) is 79.3 cm³/mol. The smallest absolute Gasteiger partial charge is 0.311 e. The molecular weight excluding hydrogens is 272 g/mol. The third-order valence-corrected chi connectivity index (χ3v) is 2.81. The molecule has 1 aromatic rings. The van der Waals surface area contributed by atoms with E-state index >= 15 is 0 Å². The zero-order valence-corrected chi connectivity index (χ0v) is 12.1. The third kappa shape index (κ3) is 4.21. The number of nitro benzene ring substituents is 1. The number of terminal acetylenes is 1. The average molecular weight is 290 g/mol. The number of carbonyl (C=O) groups is 1. The SMILES string of the molecule is C#CC(CCC)NC(=O)c1cccc([N+](=O)[O-])c1OCC. The number of hydrogen-bond donors (Lipinski definition) is 1. The first-order valence-electron chi connectivity index (χ1n) is 6.72. The standard InChI is InChI=1S/C15H18N2O4/c1-4-8-11(5-2)16-15(18)12-9-7-10-13(17(19)20)14(12)21-6-3/h2,7,9-11H,4,6,8H2,1,3H3,(H,16,18). The van der Waals surface area contributed by atoms with E-state index < -0.39 is 16.9 Å². The zero-order valence-electron chi connectivity index (χ0n) is 12.1. The van der Waals surface area contributed by atoms with Crippen molar-refractivity contribution in [2.75, 3.05) is 6.61 Å².